The third-order valence-electron chi connectivity index (χ3n) is 4.21. The third kappa shape index (κ3) is 3.03. The number of hydrogen-bond donors (Lipinski definition) is 4. The molecule has 4 N–H and O–H groups in total. The first kappa shape index (κ1) is 17.5. The van der Waals surface area contributed by atoms with Crippen molar-refractivity contribution in [3.05, 3.63) is 16.7 Å². The predicted molar refractivity (Wildman–Crippen MR) is 87.8 cm³/mol. The van der Waals surface area contributed by atoms with E-state index in [0.29, 0.717) is 6.42 Å². The molecule has 0 spiro atoms. The number of ether oxygens (including phenoxy) is 1. The van der Waals surface area contributed by atoms with Crippen LogP contribution in [0.25, 0.3) is 11.2 Å². The van der Waals surface area contributed by atoms with Gasteiger partial charge in [-0.2, -0.15) is 4.98 Å². The maximum atomic E-state index is 12.2. The van der Waals surface area contributed by atoms with Crippen molar-refractivity contribution in [2.75, 3.05) is 5.32 Å². The van der Waals surface area contributed by atoms with E-state index in [1.165, 1.54) is 10.9 Å². The van der Waals surface area contributed by atoms with Gasteiger partial charge in [0.15, 0.2) is 17.4 Å². The summed E-state index contributed by atoms with van der Waals surface area (Å²) in [6, 6.07) is 0. The zero-order valence-corrected chi connectivity index (χ0v) is 14.1. The molecule has 2 aromatic heterocycles. The minimum atomic E-state index is -1.18. The summed E-state index contributed by atoms with van der Waals surface area (Å²) in [5.74, 6) is -0.600. The van der Waals surface area contributed by atoms with E-state index < -0.39 is 30.1 Å². The molecule has 0 unspecified atom stereocenters. The molecule has 1 aliphatic rings. The quantitative estimate of drug-likeness (QED) is 0.594. The molecule has 1 fully saturated rings. The van der Waals surface area contributed by atoms with Gasteiger partial charge in [-0.3, -0.25) is 24.5 Å². The molecule has 136 valence electrons. The fourth-order valence-electron chi connectivity index (χ4n) is 2.73. The molecular formula is C15H21N5O5. The van der Waals surface area contributed by atoms with Crippen LogP contribution in [0.5, 0.6) is 0 Å². The summed E-state index contributed by atoms with van der Waals surface area (Å²) >= 11 is 0. The van der Waals surface area contributed by atoms with Crippen molar-refractivity contribution in [2.45, 2.75) is 51.7 Å². The highest BCUT2D eigenvalue weighted by Gasteiger charge is 2.43. The summed E-state index contributed by atoms with van der Waals surface area (Å²) in [5.41, 5.74) is -0.327. The predicted octanol–water partition coefficient (Wildman–Crippen LogP) is -0.257. The van der Waals surface area contributed by atoms with E-state index in [2.05, 4.69) is 20.3 Å². The Hall–Kier alpha value is -2.30. The molecule has 10 heteroatoms. The highest BCUT2D eigenvalue weighted by Crippen LogP contribution is 2.32. The van der Waals surface area contributed by atoms with Crippen LogP contribution in [0.2, 0.25) is 0 Å². The minimum absolute atomic E-state index is 0.0157. The standard InChI is InChI=1S/C15H21N5O5/c1-4-7-9(21)10(22)14(25-7)20-5-16-8-11(20)17-15(19-13(8)24)18-12(23)6(2)3/h5-7,9-10,14,21-22H,4H2,1-3H3,(H2,17,18,19,23,24)/t7-,9-,10-,14-/m1/s1. The maximum absolute atomic E-state index is 12.2. The normalized spacial score (nSPS) is 26.5. The highest BCUT2D eigenvalue weighted by atomic mass is 16.6. The molecule has 2 aromatic rings. The van der Waals surface area contributed by atoms with E-state index in [4.69, 9.17) is 4.74 Å². The molecule has 3 rings (SSSR count). The molecule has 0 aliphatic carbocycles. The van der Waals surface area contributed by atoms with Crippen molar-refractivity contribution < 1.29 is 19.7 Å². The fourth-order valence-corrected chi connectivity index (χ4v) is 2.73. The van der Waals surface area contributed by atoms with Crippen LogP contribution in [-0.2, 0) is 9.53 Å². The number of amides is 1. The average molecular weight is 351 g/mol. The largest absolute Gasteiger partial charge is 0.388 e. The molecule has 4 atom stereocenters. The van der Waals surface area contributed by atoms with Crippen LogP contribution in [-0.4, -0.2) is 54.0 Å². The number of rotatable bonds is 4. The molecule has 0 aromatic carbocycles. The second-order valence-electron chi connectivity index (χ2n) is 6.34. The average Bonchev–Trinajstić information content (AvgIpc) is 3.10. The van der Waals surface area contributed by atoms with Crippen molar-refractivity contribution in [1.29, 1.82) is 0 Å². The SMILES string of the molecule is CC[C@H]1O[C@@H](n2cnc3c(=O)[nH]c(NC(=O)C(C)C)nc32)[C@H](O)[C@@H]1O. The summed E-state index contributed by atoms with van der Waals surface area (Å²) < 4.78 is 7.06. The van der Waals surface area contributed by atoms with Crippen molar-refractivity contribution in [3.8, 4) is 0 Å². The molecule has 10 nitrogen and oxygen atoms in total. The van der Waals surface area contributed by atoms with Crippen molar-refractivity contribution in [2.24, 2.45) is 5.92 Å². The number of aliphatic hydroxyl groups excluding tert-OH is 2. The molecule has 25 heavy (non-hydrogen) atoms. The second kappa shape index (κ2) is 6.54. The Bertz CT molecular complexity index is 844. The van der Waals surface area contributed by atoms with Crippen LogP contribution < -0.4 is 10.9 Å². The van der Waals surface area contributed by atoms with Gasteiger partial charge in [-0.05, 0) is 6.42 Å². The summed E-state index contributed by atoms with van der Waals surface area (Å²) in [4.78, 5) is 34.7. The number of carbonyl (C=O) groups is 1. The Morgan fingerprint density at radius 2 is 2.16 bits per heavy atom. The number of nitrogens with one attached hydrogen (secondary N) is 2. The van der Waals surface area contributed by atoms with E-state index in [-0.39, 0.29) is 28.9 Å². The number of hydrogen-bond acceptors (Lipinski definition) is 7. The van der Waals surface area contributed by atoms with Gasteiger partial charge in [-0.15, -0.1) is 0 Å². The molecular weight excluding hydrogens is 330 g/mol. The number of fused-ring (bicyclic) bond motifs is 1. The lowest BCUT2D eigenvalue weighted by Gasteiger charge is -2.16. The van der Waals surface area contributed by atoms with Crippen LogP contribution in [0.1, 0.15) is 33.4 Å². The van der Waals surface area contributed by atoms with Gasteiger partial charge in [0.1, 0.15) is 12.2 Å². The molecule has 3 heterocycles. The Morgan fingerprint density at radius 1 is 1.44 bits per heavy atom. The van der Waals surface area contributed by atoms with E-state index in [0.717, 1.165) is 0 Å². The first-order valence-electron chi connectivity index (χ1n) is 8.12. The Labute approximate surface area is 142 Å². The first-order chi connectivity index (χ1) is 11.8. The van der Waals surface area contributed by atoms with Gasteiger partial charge >= 0.3 is 0 Å². The molecule has 1 amide bonds. The monoisotopic (exact) mass is 351 g/mol. The summed E-state index contributed by atoms with van der Waals surface area (Å²) in [6.07, 6.45) is -1.84. The van der Waals surface area contributed by atoms with E-state index in [9.17, 15) is 19.8 Å². The fraction of sp³-hybridized carbons (Fsp3) is 0.600. The number of H-pyrrole nitrogens is 1. The lowest BCUT2D eigenvalue weighted by atomic mass is 10.1. The van der Waals surface area contributed by atoms with Crippen LogP contribution >= 0.6 is 0 Å². The van der Waals surface area contributed by atoms with Crippen LogP contribution in [0.4, 0.5) is 5.95 Å². The first-order valence-corrected chi connectivity index (χ1v) is 8.12. The zero-order chi connectivity index (χ0) is 18.3. The summed E-state index contributed by atoms with van der Waals surface area (Å²) in [6.45, 7) is 5.26. The third-order valence-corrected chi connectivity index (χ3v) is 4.21. The topological polar surface area (TPSA) is 142 Å². The number of anilines is 1. The minimum Gasteiger partial charge on any atom is -0.388 e. The van der Waals surface area contributed by atoms with Gasteiger partial charge in [0.25, 0.3) is 5.56 Å². The lowest BCUT2D eigenvalue weighted by Crippen LogP contribution is -2.31. The Balaban J connectivity index is 2.01. The molecule has 0 radical (unpaired) electrons. The zero-order valence-electron chi connectivity index (χ0n) is 14.1. The number of aromatic nitrogens is 4. The van der Waals surface area contributed by atoms with E-state index in [1.54, 1.807) is 13.8 Å². The number of aromatic amines is 1. The van der Waals surface area contributed by atoms with Gasteiger partial charge in [-0.25, -0.2) is 4.98 Å². The molecule has 0 bridgehead atoms. The van der Waals surface area contributed by atoms with Gasteiger partial charge in [0.05, 0.1) is 12.4 Å². The highest BCUT2D eigenvalue weighted by molar-refractivity contribution is 5.91. The summed E-state index contributed by atoms with van der Waals surface area (Å²) in [5, 5.41) is 22.8. The molecule has 1 saturated heterocycles. The van der Waals surface area contributed by atoms with Crippen LogP contribution in [0, 0.1) is 5.92 Å². The number of aliphatic hydroxyl groups is 2. The van der Waals surface area contributed by atoms with Crippen molar-refractivity contribution >= 4 is 23.0 Å². The van der Waals surface area contributed by atoms with E-state index in [1.807, 2.05) is 6.92 Å². The Kier molecular flexibility index (Phi) is 4.58. The lowest BCUT2D eigenvalue weighted by molar-refractivity contribution is -0.118. The van der Waals surface area contributed by atoms with Crippen molar-refractivity contribution in [3.63, 3.8) is 0 Å². The number of imidazole rings is 1. The van der Waals surface area contributed by atoms with Crippen LogP contribution in [0.15, 0.2) is 11.1 Å². The van der Waals surface area contributed by atoms with Crippen LogP contribution in [0.3, 0.4) is 0 Å². The van der Waals surface area contributed by atoms with Gasteiger partial charge in [-0.1, -0.05) is 20.8 Å². The van der Waals surface area contributed by atoms with Gasteiger partial charge < -0.3 is 14.9 Å². The maximum Gasteiger partial charge on any atom is 0.280 e. The number of nitrogens with zero attached hydrogens (tertiary/aromatic N) is 3. The number of carbonyl (C=O) groups excluding carboxylic acids is 1. The molecule has 0 saturated carbocycles. The van der Waals surface area contributed by atoms with Gasteiger partial charge in [0.2, 0.25) is 11.9 Å². The Morgan fingerprint density at radius 3 is 2.76 bits per heavy atom. The summed E-state index contributed by atoms with van der Waals surface area (Å²) in [7, 11) is 0. The van der Waals surface area contributed by atoms with E-state index >= 15 is 0 Å². The van der Waals surface area contributed by atoms with Crippen molar-refractivity contribution in [1.82, 2.24) is 19.5 Å². The second-order valence-corrected chi connectivity index (χ2v) is 6.34. The smallest absolute Gasteiger partial charge is 0.280 e. The van der Waals surface area contributed by atoms with Gasteiger partial charge in [0, 0.05) is 5.92 Å². The molecule has 1 aliphatic heterocycles.